The van der Waals surface area contributed by atoms with Gasteiger partial charge in [0.05, 0.1) is 19.8 Å². The van der Waals surface area contributed by atoms with E-state index in [4.69, 9.17) is 15.2 Å². The first kappa shape index (κ1) is 13.3. The van der Waals surface area contributed by atoms with E-state index >= 15 is 0 Å². The van der Waals surface area contributed by atoms with Crippen LogP contribution in [0.4, 0.5) is 4.39 Å². The molecule has 0 spiro atoms. The molecule has 0 aromatic heterocycles. The second-order valence-corrected chi connectivity index (χ2v) is 4.74. The molecule has 1 aliphatic rings. The molecule has 1 aromatic rings. The minimum Gasteiger partial charge on any atom is -0.491 e. The van der Waals surface area contributed by atoms with Crippen LogP contribution in [0.5, 0.6) is 5.75 Å². The highest BCUT2D eigenvalue weighted by Crippen LogP contribution is 2.38. The highest BCUT2D eigenvalue weighted by atomic mass is 19.1. The van der Waals surface area contributed by atoms with Gasteiger partial charge in [0, 0.05) is 5.41 Å². The van der Waals surface area contributed by atoms with Gasteiger partial charge in [0.15, 0.2) is 11.6 Å². The molecule has 2 N–H and O–H groups in total. The largest absolute Gasteiger partial charge is 0.491 e. The van der Waals surface area contributed by atoms with E-state index in [-0.39, 0.29) is 11.2 Å². The molecule has 0 atom stereocenters. The molecule has 1 aromatic carbocycles. The topological polar surface area (TPSA) is 44.5 Å². The van der Waals surface area contributed by atoms with E-state index < -0.39 is 0 Å². The Morgan fingerprint density at radius 3 is 2.72 bits per heavy atom. The van der Waals surface area contributed by atoms with Gasteiger partial charge >= 0.3 is 0 Å². The predicted octanol–water partition coefficient (Wildman–Crippen LogP) is 2.23. The first-order valence-corrected chi connectivity index (χ1v) is 6.42. The zero-order valence-electron chi connectivity index (χ0n) is 10.7. The van der Waals surface area contributed by atoms with Gasteiger partial charge < -0.3 is 15.2 Å². The minimum absolute atomic E-state index is 0.0506. The van der Waals surface area contributed by atoms with Crippen molar-refractivity contribution in [1.82, 2.24) is 0 Å². The van der Waals surface area contributed by atoms with Crippen molar-refractivity contribution in [2.75, 3.05) is 26.4 Å². The zero-order valence-corrected chi connectivity index (χ0v) is 10.7. The number of ether oxygens (including phenoxy) is 2. The number of nitrogens with two attached hydrogens (primary N) is 1. The molecular weight excluding hydrogens is 233 g/mol. The summed E-state index contributed by atoms with van der Waals surface area (Å²) in [5, 5.41) is 0. The van der Waals surface area contributed by atoms with Gasteiger partial charge in [-0.2, -0.15) is 0 Å². The van der Waals surface area contributed by atoms with Gasteiger partial charge in [-0.3, -0.25) is 0 Å². The van der Waals surface area contributed by atoms with Crippen molar-refractivity contribution in [2.45, 2.75) is 25.2 Å². The lowest BCUT2D eigenvalue weighted by Crippen LogP contribution is -2.47. The summed E-state index contributed by atoms with van der Waals surface area (Å²) in [5.41, 5.74) is 6.49. The Morgan fingerprint density at radius 2 is 2.22 bits per heavy atom. The van der Waals surface area contributed by atoms with E-state index in [1.807, 2.05) is 13.0 Å². The normalized spacial score (nSPS) is 17.3. The van der Waals surface area contributed by atoms with Crippen molar-refractivity contribution in [2.24, 2.45) is 5.73 Å². The van der Waals surface area contributed by atoms with Crippen molar-refractivity contribution in [1.29, 1.82) is 0 Å². The van der Waals surface area contributed by atoms with Gasteiger partial charge in [-0.25, -0.2) is 4.39 Å². The number of rotatable bonds is 6. The summed E-state index contributed by atoms with van der Waals surface area (Å²) in [6, 6.07) is 5.22. The maximum Gasteiger partial charge on any atom is 0.165 e. The third kappa shape index (κ3) is 2.49. The first-order chi connectivity index (χ1) is 8.72. The molecule has 0 aliphatic carbocycles. The number of hydrogen-bond donors (Lipinski definition) is 1. The fourth-order valence-corrected chi connectivity index (χ4v) is 2.35. The lowest BCUT2D eigenvalue weighted by atomic mass is 9.75. The average Bonchev–Trinajstić information content (AvgIpc) is 2.31. The highest BCUT2D eigenvalue weighted by molar-refractivity contribution is 5.35. The van der Waals surface area contributed by atoms with E-state index in [9.17, 15) is 4.39 Å². The van der Waals surface area contributed by atoms with Gasteiger partial charge in [0.25, 0.3) is 0 Å². The Labute approximate surface area is 107 Å². The van der Waals surface area contributed by atoms with E-state index in [0.717, 1.165) is 18.4 Å². The fraction of sp³-hybridized carbons (Fsp3) is 0.571. The first-order valence-electron chi connectivity index (χ1n) is 6.42. The molecule has 0 unspecified atom stereocenters. The van der Waals surface area contributed by atoms with Crippen LogP contribution in [0.2, 0.25) is 0 Å². The second-order valence-electron chi connectivity index (χ2n) is 4.74. The maximum atomic E-state index is 13.9. The van der Waals surface area contributed by atoms with Gasteiger partial charge in [0.2, 0.25) is 0 Å². The average molecular weight is 253 g/mol. The summed E-state index contributed by atoms with van der Waals surface area (Å²) >= 11 is 0. The molecular formula is C14H20FNO2. The van der Waals surface area contributed by atoms with Crippen LogP contribution in [-0.4, -0.2) is 26.4 Å². The molecule has 3 nitrogen and oxygen atoms in total. The lowest BCUT2D eigenvalue weighted by molar-refractivity contribution is -0.0650. The molecule has 100 valence electrons. The summed E-state index contributed by atoms with van der Waals surface area (Å²) < 4.78 is 24.4. The van der Waals surface area contributed by atoms with E-state index in [1.165, 1.54) is 0 Å². The third-order valence-electron chi connectivity index (χ3n) is 3.46. The minimum atomic E-state index is -0.298. The van der Waals surface area contributed by atoms with Gasteiger partial charge in [0.1, 0.15) is 0 Å². The van der Waals surface area contributed by atoms with Crippen molar-refractivity contribution in [3.63, 3.8) is 0 Å². The summed E-state index contributed by atoms with van der Waals surface area (Å²) in [7, 11) is 0. The molecule has 2 rings (SSSR count). The molecule has 1 aliphatic heterocycles. The van der Waals surface area contributed by atoms with Crippen molar-refractivity contribution < 1.29 is 13.9 Å². The van der Waals surface area contributed by atoms with Crippen molar-refractivity contribution in [3.8, 4) is 5.75 Å². The van der Waals surface area contributed by atoms with Crippen LogP contribution in [0, 0.1) is 5.82 Å². The van der Waals surface area contributed by atoms with Gasteiger partial charge in [-0.05, 0) is 44.0 Å². The summed E-state index contributed by atoms with van der Waals surface area (Å²) in [5.74, 6) is 0.0174. The molecule has 0 saturated carbocycles. The Hall–Kier alpha value is -1.13. The molecule has 0 amide bonds. The van der Waals surface area contributed by atoms with E-state index in [2.05, 4.69) is 0 Å². The van der Waals surface area contributed by atoms with Crippen molar-refractivity contribution in [3.05, 3.63) is 29.6 Å². The smallest absolute Gasteiger partial charge is 0.165 e. The van der Waals surface area contributed by atoms with Crippen LogP contribution in [0.25, 0.3) is 0 Å². The number of hydrogen-bond acceptors (Lipinski definition) is 3. The van der Waals surface area contributed by atoms with Crippen LogP contribution in [-0.2, 0) is 10.2 Å². The monoisotopic (exact) mass is 253 g/mol. The van der Waals surface area contributed by atoms with E-state index in [0.29, 0.717) is 32.1 Å². The van der Waals surface area contributed by atoms with E-state index in [1.54, 1.807) is 12.1 Å². The van der Waals surface area contributed by atoms with Gasteiger partial charge in [-0.1, -0.05) is 6.07 Å². The Bertz CT molecular complexity index is 405. The van der Waals surface area contributed by atoms with Gasteiger partial charge in [-0.15, -0.1) is 0 Å². The molecule has 1 heterocycles. The number of halogens is 1. The molecule has 1 saturated heterocycles. The Morgan fingerprint density at radius 1 is 1.44 bits per heavy atom. The van der Waals surface area contributed by atoms with Crippen LogP contribution < -0.4 is 10.5 Å². The molecule has 1 fully saturated rings. The SMILES string of the molecule is CCOc1ccc(C2(CCCN)COC2)cc1F. The standard InChI is InChI=1S/C14H20FNO2/c1-2-18-13-5-4-11(8-12(13)15)14(6-3-7-16)9-17-10-14/h4-5,8H,2-3,6-7,9-10,16H2,1H3. The molecule has 18 heavy (non-hydrogen) atoms. The number of benzene rings is 1. The van der Waals surface area contributed by atoms with Crippen LogP contribution >= 0.6 is 0 Å². The van der Waals surface area contributed by atoms with Crippen LogP contribution in [0.3, 0.4) is 0 Å². The lowest BCUT2D eigenvalue weighted by Gasteiger charge is -2.42. The van der Waals surface area contributed by atoms with Crippen molar-refractivity contribution >= 4 is 0 Å². The summed E-state index contributed by atoms with van der Waals surface area (Å²) in [6.45, 7) is 4.27. The Balaban J connectivity index is 2.18. The quantitative estimate of drug-likeness (QED) is 0.845. The van der Waals surface area contributed by atoms with Crippen LogP contribution in [0.1, 0.15) is 25.3 Å². The fourth-order valence-electron chi connectivity index (χ4n) is 2.35. The highest BCUT2D eigenvalue weighted by Gasteiger charge is 2.39. The molecule has 0 radical (unpaired) electrons. The molecule has 0 bridgehead atoms. The summed E-state index contributed by atoms with van der Waals surface area (Å²) in [4.78, 5) is 0. The predicted molar refractivity (Wildman–Crippen MR) is 68.4 cm³/mol. The maximum absolute atomic E-state index is 13.9. The second kappa shape index (κ2) is 5.67. The summed E-state index contributed by atoms with van der Waals surface area (Å²) in [6.07, 6.45) is 1.87. The van der Waals surface area contributed by atoms with Crippen LogP contribution in [0.15, 0.2) is 18.2 Å². The molecule has 4 heteroatoms. The Kier molecular flexibility index (Phi) is 4.19. The zero-order chi connectivity index (χ0) is 13.0. The third-order valence-corrected chi connectivity index (χ3v) is 3.46.